The fourth-order valence-electron chi connectivity index (χ4n) is 1.51. The fourth-order valence-corrected chi connectivity index (χ4v) is 3.53. The summed E-state index contributed by atoms with van der Waals surface area (Å²) in [7, 11) is -2.43. The number of benzene rings is 1. The number of methoxy groups -OCH3 is 1. The van der Waals surface area contributed by atoms with E-state index in [-0.39, 0.29) is 27.3 Å². The second kappa shape index (κ2) is 5.70. The van der Waals surface area contributed by atoms with Gasteiger partial charge >= 0.3 is 0 Å². The number of aromatic nitrogens is 1. The van der Waals surface area contributed by atoms with Crippen LogP contribution in [0.3, 0.4) is 0 Å². The number of nitrogen functional groups attached to an aromatic ring is 1. The molecule has 1 heterocycles. The van der Waals surface area contributed by atoms with E-state index in [4.69, 9.17) is 10.5 Å². The van der Waals surface area contributed by atoms with Crippen LogP contribution in [-0.4, -0.2) is 26.3 Å². The summed E-state index contributed by atoms with van der Waals surface area (Å²) in [5, 5.41) is 1.61. The monoisotopic (exact) mass is 327 g/mol. The van der Waals surface area contributed by atoms with Gasteiger partial charge in [-0.25, -0.2) is 13.4 Å². The predicted octanol–water partition coefficient (Wildman–Crippen LogP) is 1.74. The van der Waals surface area contributed by atoms with Crippen molar-refractivity contribution in [1.29, 1.82) is 0 Å². The number of carbonyl (C=O) groups excluding carboxylic acids is 1. The Morgan fingerprint density at radius 2 is 2.14 bits per heavy atom. The molecule has 0 aliphatic heterocycles. The van der Waals surface area contributed by atoms with Gasteiger partial charge in [-0.1, -0.05) is 0 Å². The zero-order valence-corrected chi connectivity index (χ0v) is 12.9. The minimum Gasteiger partial charge on any atom is -0.495 e. The van der Waals surface area contributed by atoms with Crippen LogP contribution in [0.2, 0.25) is 0 Å². The van der Waals surface area contributed by atoms with Gasteiger partial charge in [-0.2, -0.15) is 0 Å². The van der Waals surface area contributed by atoms with E-state index in [0.717, 1.165) is 11.3 Å². The third-order valence-electron chi connectivity index (χ3n) is 2.60. The molecule has 7 nitrogen and oxygen atoms in total. The molecule has 2 rings (SSSR count). The molecule has 0 radical (unpaired) electrons. The predicted molar refractivity (Wildman–Crippen MR) is 80.3 cm³/mol. The number of ketones is 1. The molecule has 0 bridgehead atoms. The lowest BCUT2D eigenvalue weighted by molar-refractivity contribution is 0.101. The maximum atomic E-state index is 12.2. The zero-order chi connectivity index (χ0) is 15.6. The molecule has 3 N–H and O–H groups in total. The third kappa shape index (κ3) is 3.31. The Morgan fingerprint density at radius 1 is 1.43 bits per heavy atom. The first-order chi connectivity index (χ1) is 9.83. The Labute approximate surface area is 125 Å². The molecule has 112 valence electrons. The van der Waals surface area contributed by atoms with E-state index in [1.165, 1.54) is 37.6 Å². The minimum atomic E-state index is -3.82. The number of nitrogens with one attached hydrogen (secondary N) is 1. The molecule has 9 heteroatoms. The Kier molecular flexibility index (Phi) is 4.14. The van der Waals surface area contributed by atoms with Gasteiger partial charge in [0.1, 0.15) is 11.4 Å². The second-order valence-corrected chi connectivity index (χ2v) is 6.64. The summed E-state index contributed by atoms with van der Waals surface area (Å²) in [5.41, 5.74) is 6.20. The van der Waals surface area contributed by atoms with E-state index < -0.39 is 10.0 Å². The first-order valence-corrected chi connectivity index (χ1v) is 8.12. The van der Waals surface area contributed by atoms with Crippen LogP contribution in [0.4, 0.5) is 10.8 Å². The van der Waals surface area contributed by atoms with Crippen molar-refractivity contribution in [3.8, 4) is 5.75 Å². The van der Waals surface area contributed by atoms with Gasteiger partial charge in [-0.05, 0) is 12.1 Å². The molecule has 1 aromatic heterocycles. The normalized spacial score (nSPS) is 11.1. The van der Waals surface area contributed by atoms with Gasteiger partial charge in [0.25, 0.3) is 10.0 Å². The molecular formula is C12H13N3O4S2. The SMILES string of the molecule is COc1cc(S(=O)(=O)Nc2nc(C(C)=O)cs2)ccc1N. The van der Waals surface area contributed by atoms with E-state index in [9.17, 15) is 13.2 Å². The van der Waals surface area contributed by atoms with Crippen LogP contribution in [0.15, 0.2) is 28.5 Å². The number of carbonyl (C=O) groups is 1. The second-order valence-electron chi connectivity index (χ2n) is 4.10. The molecule has 0 aliphatic carbocycles. The van der Waals surface area contributed by atoms with Gasteiger partial charge in [-0.15, -0.1) is 11.3 Å². The van der Waals surface area contributed by atoms with E-state index in [1.807, 2.05) is 0 Å². The Bertz CT molecular complexity index is 784. The number of ether oxygens (including phenoxy) is 1. The zero-order valence-electron chi connectivity index (χ0n) is 11.3. The maximum Gasteiger partial charge on any atom is 0.263 e. The van der Waals surface area contributed by atoms with Crippen LogP contribution in [0.5, 0.6) is 5.75 Å². The van der Waals surface area contributed by atoms with Crippen molar-refractivity contribution in [2.24, 2.45) is 0 Å². The lowest BCUT2D eigenvalue weighted by Crippen LogP contribution is -2.13. The number of Topliss-reactive ketones (excluding diaryl/α,β-unsaturated/α-hetero) is 1. The first-order valence-electron chi connectivity index (χ1n) is 5.76. The smallest absolute Gasteiger partial charge is 0.263 e. The summed E-state index contributed by atoms with van der Waals surface area (Å²) in [6.07, 6.45) is 0. The number of anilines is 2. The van der Waals surface area contributed by atoms with Crippen molar-refractivity contribution < 1.29 is 17.9 Å². The fraction of sp³-hybridized carbons (Fsp3) is 0.167. The van der Waals surface area contributed by atoms with Crippen molar-refractivity contribution in [2.45, 2.75) is 11.8 Å². The summed E-state index contributed by atoms with van der Waals surface area (Å²) in [5.74, 6) is 0.0345. The molecule has 2 aromatic rings. The van der Waals surface area contributed by atoms with Crippen molar-refractivity contribution in [1.82, 2.24) is 4.98 Å². The van der Waals surface area contributed by atoms with Gasteiger partial charge in [0.05, 0.1) is 17.7 Å². The minimum absolute atomic E-state index is 0.00637. The lowest BCUT2D eigenvalue weighted by Gasteiger charge is -2.08. The summed E-state index contributed by atoms with van der Waals surface area (Å²) >= 11 is 1.03. The van der Waals surface area contributed by atoms with E-state index in [2.05, 4.69) is 9.71 Å². The molecule has 0 unspecified atom stereocenters. The highest BCUT2D eigenvalue weighted by Gasteiger charge is 2.18. The van der Waals surface area contributed by atoms with Gasteiger partial charge in [0.15, 0.2) is 10.9 Å². The van der Waals surface area contributed by atoms with Crippen LogP contribution in [0.1, 0.15) is 17.4 Å². The highest BCUT2D eigenvalue weighted by atomic mass is 32.2. The molecule has 0 saturated heterocycles. The summed E-state index contributed by atoms with van der Waals surface area (Å²) < 4.78 is 31.8. The maximum absolute atomic E-state index is 12.2. The number of thiazole rings is 1. The van der Waals surface area contributed by atoms with E-state index in [1.54, 1.807) is 0 Å². The number of hydrogen-bond donors (Lipinski definition) is 2. The average molecular weight is 327 g/mol. The van der Waals surface area contributed by atoms with Crippen molar-refractivity contribution in [3.63, 3.8) is 0 Å². The summed E-state index contributed by atoms with van der Waals surface area (Å²) in [4.78, 5) is 15.0. The molecule has 0 atom stereocenters. The number of hydrogen-bond acceptors (Lipinski definition) is 7. The van der Waals surface area contributed by atoms with E-state index in [0.29, 0.717) is 5.69 Å². The highest BCUT2D eigenvalue weighted by Crippen LogP contribution is 2.26. The van der Waals surface area contributed by atoms with Crippen molar-refractivity contribution >= 4 is 38.0 Å². The molecule has 21 heavy (non-hydrogen) atoms. The number of nitrogens with two attached hydrogens (primary N) is 1. The van der Waals surface area contributed by atoms with Gasteiger partial charge < -0.3 is 10.5 Å². The number of nitrogens with zero attached hydrogens (tertiary/aromatic N) is 1. The quantitative estimate of drug-likeness (QED) is 0.639. The molecular weight excluding hydrogens is 314 g/mol. The Hall–Kier alpha value is -2.13. The number of sulfonamides is 1. The van der Waals surface area contributed by atoms with Crippen LogP contribution in [0, 0.1) is 0 Å². The Balaban J connectivity index is 2.31. The third-order valence-corrected chi connectivity index (χ3v) is 4.83. The topological polar surface area (TPSA) is 111 Å². The molecule has 0 saturated carbocycles. The highest BCUT2D eigenvalue weighted by molar-refractivity contribution is 7.93. The molecule has 1 aromatic carbocycles. The van der Waals surface area contributed by atoms with Crippen LogP contribution < -0.4 is 15.2 Å². The largest absolute Gasteiger partial charge is 0.495 e. The molecule has 0 spiro atoms. The van der Waals surface area contributed by atoms with Gasteiger partial charge in [0.2, 0.25) is 0 Å². The van der Waals surface area contributed by atoms with Crippen LogP contribution in [-0.2, 0) is 10.0 Å². The first kappa shape index (κ1) is 15.3. The number of rotatable bonds is 5. The van der Waals surface area contributed by atoms with Crippen molar-refractivity contribution in [2.75, 3.05) is 17.6 Å². The molecule has 0 aliphatic rings. The van der Waals surface area contributed by atoms with Crippen molar-refractivity contribution in [3.05, 3.63) is 29.3 Å². The molecule has 0 amide bonds. The van der Waals surface area contributed by atoms with Crippen LogP contribution >= 0.6 is 11.3 Å². The molecule has 0 fully saturated rings. The van der Waals surface area contributed by atoms with Crippen LogP contribution in [0.25, 0.3) is 0 Å². The lowest BCUT2D eigenvalue weighted by atomic mass is 10.3. The van der Waals surface area contributed by atoms with Gasteiger partial charge in [-0.3, -0.25) is 9.52 Å². The summed E-state index contributed by atoms with van der Waals surface area (Å²) in [6, 6.07) is 4.12. The van der Waals surface area contributed by atoms with E-state index >= 15 is 0 Å². The Morgan fingerprint density at radius 3 is 2.71 bits per heavy atom. The standard InChI is InChI=1S/C12H13N3O4S2/c1-7(16)10-6-20-12(14-10)15-21(17,18)8-3-4-9(13)11(5-8)19-2/h3-6H,13H2,1-2H3,(H,14,15). The average Bonchev–Trinajstić information content (AvgIpc) is 2.87. The summed E-state index contributed by atoms with van der Waals surface area (Å²) in [6.45, 7) is 1.36. The van der Waals surface area contributed by atoms with Gasteiger partial charge in [0, 0.05) is 18.4 Å².